The first-order valence-corrected chi connectivity index (χ1v) is 6.20. The third-order valence-electron chi connectivity index (χ3n) is 2.99. The van der Waals surface area contributed by atoms with Gasteiger partial charge in [-0.1, -0.05) is 0 Å². The molecule has 2 N–H and O–H groups in total. The second kappa shape index (κ2) is 5.56. The number of anilines is 1. The van der Waals surface area contributed by atoms with Gasteiger partial charge in [-0.05, 0) is 38.1 Å². The van der Waals surface area contributed by atoms with Crippen LogP contribution in [0.1, 0.15) is 28.5 Å². The highest BCUT2D eigenvalue weighted by Gasteiger charge is 2.05. The number of aromatic carboxylic acids is 1. The first-order chi connectivity index (χ1) is 9.10. The molecule has 2 aromatic rings. The Morgan fingerprint density at radius 1 is 1.37 bits per heavy atom. The fraction of sp³-hybridized carbons (Fsp3) is 0.286. The van der Waals surface area contributed by atoms with Gasteiger partial charge in [0, 0.05) is 30.5 Å². The zero-order chi connectivity index (χ0) is 13.8. The van der Waals surface area contributed by atoms with Gasteiger partial charge in [0.1, 0.15) is 0 Å². The minimum Gasteiger partial charge on any atom is -0.478 e. The molecular formula is C14H17N3O2. The smallest absolute Gasteiger partial charge is 0.335 e. The summed E-state index contributed by atoms with van der Waals surface area (Å²) in [4.78, 5) is 10.7. The lowest BCUT2D eigenvalue weighted by Gasteiger charge is -2.05. The van der Waals surface area contributed by atoms with Crippen molar-refractivity contribution in [2.75, 3.05) is 5.32 Å². The summed E-state index contributed by atoms with van der Waals surface area (Å²) in [7, 11) is 0. The summed E-state index contributed by atoms with van der Waals surface area (Å²) in [5.74, 6) is -0.911. The van der Waals surface area contributed by atoms with E-state index in [4.69, 9.17) is 5.11 Å². The van der Waals surface area contributed by atoms with Gasteiger partial charge in [-0.15, -0.1) is 0 Å². The molecule has 5 nitrogen and oxygen atoms in total. The molecule has 0 spiro atoms. The highest BCUT2D eigenvalue weighted by molar-refractivity contribution is 5.87. The molecule has 19 heavy (non-hydrogen) atoms. The Balaban J connectivity index is 2.01. The molecule has 0 amide bonds. The average Bonchev–Trinajstić information content (AvgIpc) is 2.77. The van der Waals surface area contributed by atoms with E-state index in [9.17, 15) is 4.79 Å². The van der Waals surface area contributed by atoms with Gasteiger partial charge >= 0.3 is 5.97 Å². The van der Waals surface area contributed by atoms with E-state index in [2.05, 4.69) is 10.4 Å². The van der Waals surface area contributed by atoms with E-state index in [1.807, 2.05) is 24.7 Å². The number of carbonyl (C=O) groups is 1. The van der Waals surface area contributed by atoms with Crippen LogP contribution in [0.3, 0.4) is 0 Å². The number of benzene rings is 1. The van der Waals surface area contributed by atoms with Crippen molar-refractivity contribution >= 4 is 11.7 Å². The van der Waals surface area contributed by atoms with E-state index in [1.54, 1.807) is 24.3 Å². The normalized spacial score (nSPS) is 10.4. The SMILES string of the molecule is CCn1cc(CNc2ccc(C(=O)O)cc2)c(C)n1. The minimum absolute atomic E-state index is 0.292. The molecule has 2 rings (SSSR count). The maximum absolute atomic E-state index is 10.7. The second-order valence-corrected chi connectivity index (χ2v) is 4.33. The molecule has 100 valence electrons. The van der Waals surface area contributed by atoms with Crippen molar-refractivity contribution in [3.8, 4) is 0 Å². The fourth-order valence-electron chi connectivity index (χ4n) is 1.82. The number of hydrogen-bond donors (Lipinski definition) is 2. The molecule has 5 heteroatoms. The zero-order valence-electron chi connectivity index (χ0n) is 11.1. The summed E-state index contributed by atoms with van der Waals surface area (Å²) in [6.45, 7) is 5.57. The van der Waals surface area contributed by atoms with Crippen molar-refractivity contribution in [3.05, 3.63) is 47.3 Å². The summed E-state index contributed by atoms with van der Waals surface area (Å²) in [5.41, 5.74) is 3.34. The maximum atomic E-state index is 10.7. The Bertz CT molecular complexity index is 573. The molecule has 1 heterocycles. The fourth-order valence-corrected chi connectivity index (χ4v) is 1.82. The molecule has 1 aromatic carbocycles. The molecular weight excluding hydrogens is 242 g/mol. The molecule has 0 aliphatic heterocycles. The van der Waals surface area contributed by atoms with Crippen LogP contribution >= 0.6 is 0 Å². The number of aromatic nitrogens is 2. The standard InChI is InChI=1S/C14H17N3O2/c1-3-17-9-12(10(2)16-17)8-15-13-6-4-11(5-7-13)14(18)19/h4-7,9,15H,3,8H2,1-2H3,(H,18,19). The van der Waals surface area contributed by atoms with E-state index >= 15 is 0 Å². The monoisotopic (exact) mass is 259 g/mol. The first kappa shape index (κ1) is 13.1. The van der Waals surface area contributed by atoms with E-state index in [0.29, 0.717) is 12.1 Å². The highest BCUT2D eigenvalue weighted by Crippen LogP contribution is 2.13. The van der Waals surface area contributed by atoms with Crippen molar-refractivity contribution in [3.63, 3.8) is 0 Å². The van der Waals surface area contributed by atoms with Crippen LogP contribution in [-0.2, 0) is 13.1 Å². The molecule has 0 saturated heterocycles. The molecule has 0 aliphatic carbocycles. The lowest BCUT2D eigenvalue weighted by Crippen LogP contribution is -2.01. The lowest BCUT2D eigenvalue weighted by molar-refractivity contribution is 0.0697. The summed E-state index contributed by atoms with van der Waals surface area (Å²) in [6.07, 6.45) is 2.02. The van der Waals surface area contributed by atoms with Crippen LogP contribution in [0.25, 0.3) is 0 Å². The third kappa shape index (κ3) is 3.13. The van der Waals surface area contributed by atoms with Crippen molar-refractivity contribution in [1.29, 1.82) is 0 Å². The number of nitrogens with zero attached hydrogens (tertiary/aromatic N) is 2. The van der Waals surface area contributed by atoms with Crippen molar-refractivity contribution in [2.45, 2.75) is 26.9 Å². The Morgan fingerprint density at radius 2 is 2.05 bits per heavy atom. The number of hydrogen-bond acceptors (Lipinski definition) is 3. The van der Waals surface area contributed by atoms with E-state index in [-0.39, 0.29) is 0 Å². The van der Waals surface area contributed by atoms with Crippen LogP contribution in [-0.4, -0.2) is 20.9 Å². The molecule has 0 fully saturated rings. The summed E-state index contributed by atoms with van der Waals surface area (Å²) in [5, 5.41) is 16.5. The Labute approximate surface area is 111 Å². The van der Waals surface area contributed by atoms with Crippen molar-refractivity contribution < 1.29 is 9.90 Å². The number of nitrogens with one attached hydrogen (secondary N) is 1. The number of rotatable bonds is 5. The minimum atomic E-state index is -0.911. The van der Waals surface area contributed by atoms with Gasteiger partial charge in [-0.3, -0.25) is 4.68 Å². The summed E-state index contributed by atoms with van der Waals surface area (Å²) >= 11 is 0. The Morgan fingerprint density at radius 3 is 2.58 bits per heavy atom. The van der Waals surface area contributed by atoms with Gasteiger partial charge in [0.05, 0.1) is 11.3 Å². The topological polar surface area (TPSA) is 67.2 Å². The van der Waals surface area contributed by atoms with Crippen LogP contribution < -0.4 is 5.32 Å². The van der Waals surface area contributed by atoms with E-state index in [0.717, 1.165) is 23.5 Å². The number of carboxylic acid groups (broad SMARTS) is 1. The largest absolute Gasteiger partial charge is 0.478 e. The van der Waals surface area contributed by atoms with Crippen LogP contribution in [0.4, 0.5) is 5.69 Å². The van der Waals surface area contributed by atoms with Crippen molar-refractivity contribution in [1.82, 2.24) is 9.78 Å². The molecule has 0 saturated carbocycles. The second-order valence-electron chi connectivity index (χ2n) is 4.33. The first-order valence-electron chi connectivity index (χ1n) is 6.20. The van der Waals surface area contributed by atoms with Gasteiger partial charge < -0.3 is 10.4 Å². The number of carboxylic acids is 1. The molecule has 1 aromatic heterocycles. The molecule has 0 bridgehead atoms. The van der Waals surface area contributed by atoms with Crippen LogP contribution in [0, 0.1) is 6.92 Å². The predicted molar refractivity (Wildman–Crippen MR) is 73.4 cm³/mol. The van der Waals surface area contributed by atoms with Crippen LogP contribution in [0.15, 0.2) is 30.5 Å². The third-order valence-corrected chi connectivity index (χ3v) is 2.99. The molecule has 0 radical (unpaired) electrons. The van der Waals surface area contributed by atoms with E-state index < -0.39 is 5.97 Å². The summed E-state index contributed by atoms with van der Waals surface area (Å²) < 4.78 is 1.90. The van der Waals surface area contributed by atoms with Crippen molar-refractivity contribution in [2.24, 2.45) is 0 Å². The zero-order valence-corrected chi connectivity index (χ0v) is 11.1. The molecule has 0 aliphatic rings. The summed E-state index contributed by atoms with van der Waals surface area (Å²) in [6, 6.07) is 6.71. The van der Waals surface area contributed by atoms with Gasteiger partial charge in [0.25, 0.3) is 0 Å². The molecule has 0 atom stereocenters. The maximum Gasteiger partial charge on any atom is 0.335 e. The predicted octanol–water partition coefficient (Wildman–Crippen LogP) is 2.52. The quantitative estimate of drug-likeness (QED) is 0.865. The highest BCUT2D eigenvalue weighted by atomic mass is 16.4. The van der Waals surface area contributed by atoms with Crippen LogP contribution in [0.2, 0.25) is 0 Å². The Hall–Kier alpha value is -2.30. The van der Waals surface area contributed by atoms with Gasteiger partial charge in [-0.2, -0.15) is 5.10 Å². The average molecular weight is 259 g/mol. The lowest BCUT2D eigenvalue weighted by atomic mass is 10.2. The Kier molecular flexibility index (Phi) is 3.85. The molecule has 0 unspecified atom stereocenters. The van der Waals surface area contributed by atoms with E-state index in [1.165, 1.54) is 0 Å². The number of aryl methyl sites for hydroxylation is 2. The van der Waals surface area contributed by atoms with Crippen LogP contribution in [0.5, 0.6) is 0 Å². The van der Waals surface area contributed by atoms with Gasteiger partial charge in [0.2, 0.25) is 0 Å². The van der Waals surface area contributed by atoms with Gasteiger partial charge in [0.15, 0.2) is 0 Å². The van der Waals surface area contributed by atoms with Gasteiger partial charge in [-0.25, -0.2) is 4.79 Å².